The van der Waals surface area contributed by atoms with Gasteiger partial charge in [0.2, 0.25) is 0 Å². The molecule has 2 N–H and O–H groups in total. The van der Waals surface area contributed by atoms with Crippen LogP contribution in [0.1, 0.15) is 19.4 Å². The number of carboxylic acids is 1. The monoisotopic (exact) mass is 271 g/mol. The van der Waals surface area contributed by atoms with Crippen molar-refractivity contribution in [3.63, 3.8) is 0 Å². The van der Waals surface area contributed by atoms with Crippen molar-refractivity contribution in [3.05, 3.63) is 34.3 Å². The summed E-state index contributed by atoms with van der Waals surface area (Å²) < 4.78 is 0.940. The highest BCUT2D eigenvalue weighted by Crippen LogP contribution is 2.22. The molecule has 1 unspecified atom stereocenters. The van der Waals surface area contributed by atoms with E-state index in [1.165, 1.54) is 0 Å². The quantitative estimate of drug-likeness (QED) is 0.884. The van der Waals surface area contributed by atoms with E-state index in [0.29, 0.717) is 6.54 Å². The third kappa shape index (κ3) is 2.58. The Bertz CT molecular complexity index is 350. The Labute approximate surface area is 97.6 Å². The summed E-state index contributed by atoms with van der Waals surface area (Å²) in [6.07, 6.45) is 0. The molecule has 0 aliphatic heterocycles. The summed E-state index contributed by atoms with van der Waals surface area (Å²) in [5.41, 5.74) is -0.268. The van der Waals surface area contributed by atoms with Gasteiger partial charge in [0.1, 0.15) is 5.54 Å². The third-order valence-corrected chi connectivity index (χ3v) is 2.91. The molecule has 1 rings (SSSR count). The molecule has 0 spiro atoms. The Hall–Kier alpha value is -0.870. The van der Waals surface area contributed by atoms with E-state index >= 15 is 0 Å². The summed E-state index contributed by atoms with van der Waals surface area (Å²) in [5, 5.41) is 12.2. The number of carboxylic acid groups (broad SMARTS) is 1. The standard InChI is InChI=1S/C11H14BrNO2/c1-3-13-11(2,10(14)15)8-4-6-9(12)7-5-8/h4-7,13H,3H2,1-2H3,(H,14,15). The maximum absolute atomic E-state index is 11.2. The van der Waals surface area contributed by atoms with Crippen molar-refractivity contribution in [1.29, 1.82) is 0 Å². The van der Waals surface area contributed by atoms with E-state index in [2.05, 4.69) is 21.2 Å². The number of nitrogens with one attached hydrogen (secondary N) is 1. The van der Waals surface area contributed by atoms with Crippen molar-refractivity contribution in [2.24, 2.45) is 0 Å². The van der Waals surface area contributed by atoms with Crippen molar-refractivity contribution >= 4 is 21.9 Å². The predicted molar refractivity (Wildman–Crippen MR) is 62.8 cm³/mol. The number of halogens is 1. The topological polar surface area (TPSA) is 49.3 Å². The van der Waals surface area contributed by atoms with E-state index in [-0.39, 0.29) is 0 Å². The second kappa shape index (κ2) is 4.77. The van der Waals surface area contributed by atoms with Crippen LogP contribution in [-0.2, 0) is 10.3 Å². The number of carbonyl (C=O) groups is 1. The zero-order valence-corrected chi connectivity index (χ0v) is 10.3. The fraction of sp³-hybridized carbons (Fsp3) is 0.364. The van der Waals surface area contributed by atoms with E-state index in [1.54, 1.807) is 19.1 Å². The van der Waals surface area contributed by atoms with Gasteiger partial charge in [-0.25, -0.2) is 4.79 Å². The van der Waals surface area contributed by atoms with Gasteiger partial charge in [0.15, 0.2) is 0 Å². The van der Waals surface area contributed by atoms with Crippen LogP contribution in [0.3, 0.4) is 0 Å². The van der Waals surface area contributed by atoms with Crippen molar-refractivity contribution in [2.75, 3.05) is 6.54 Å². The van der Waals surface area contributed by atoms with Gasteiger partial charge in [-0.2, -0.15) is 0 Å². The van der Waals surface area contributed by atoms with E-state index in [0.717, 1.165) is 10.0 Å². The lowest BCUT2D eigenvalue weighted by Gasteiger charge is -2.26. The van der Waals surface area contributed by atoms with Gasteiger partial charge in [-0.1, -0.05) is 35.0 Å². The van der Waals surface area contributed by atoms with Crippen molar-refractivity contribution in [3.8, 4) is 0 Å². The Morgan fingerprint density at radius 2 is 2.00 bits per heavy atom. The SMILES string of the molecule is CCNC(C)(C(=O)O)c1ccc(Br)cc1. The minimum atomic E-state index is -1.02. The van der Waals surface area contributed by atoms with Gasteiger partial charge < -0.3 is 5.11 Å². The molecule has 0 radical (unpaired) electrons. The minimum absolute atomic E-state index is 0.610. The van der Waals surface area contributed by atoms with E-state index in [9.17, 15) is 9.90 Å². The first-order valence-corrected chi connectivity index (χ1v) is 5.54. The van der Waals surface area contributed by atoms with Gasteiger partial charge >= 0.3 is 5.97 Å². The lowest BCUT2D eigenvalue weighted by molar-refractivity contribution is -0.144. The largest absolute Gasteiger partial charge is 0.480 e. The van der Waals surface area contributed by atoms with Gasteiger partial charge in [0.05, 0.1) is 0 Å². The fourth-order valence-corrected chi connectivity index (χ4v) is 1.70. The van der Waals surface area contributed by atoms with E-state index in [1.807, 2.05) is 19.1 Å². The van der Waals surface area contributed by atoms with Crippen molar-refractivity contribution in [2.45, 2.75) is 19.4 Å². The highest BCUT2D eigenvalue weighted by molar-refractivity contribution is 9.10. The fourth-order valence-electron chi connectivity index (χ4n) is 1.44. The van der Waals surface area contributed by atoms with Gasteiger partial charge in [-0.05, 0) is 31.2 Å². The van der Waals surface area contributed by atoms with Crippen LogP contribution >= 0.6 is 15.9 Å². The second-order valence-corrected chi connectivity index (χ2v) is 4.38. The second-order valence-electron chi connectivity index (χ2n) is 3.47. The van der Waals surface area contributed by atoms with Gasteiger partial charge in [-0.15, -0.1) is 0 Å². The number of likely N-dealkylation sites (N-methyl/N-ethyl adjacent to an activating group) is 1. The molecule has 82 valence electrons. The zero-order chi connectivity index (χ0) is 11.5. The molecule has 0 saturated heterocycles. The summed E-state index contributed by atoms with van der Waals surface area (Å²) in [5.74, 6) is -0.869. The molecule has 3 nitrogen and oxygen atoms in total. The van der Waals surface area contributed by atoms with E-state index in [4.69, 9.17) is 0 Å². The maximum Gasteiger partial charge on any atom is 0.328 e. The molecule has 0 amide bonds. The average molecular weight is 272 g/mol. The van der Waals surface area contributed by atoms with Crippen LogP contribution in [0.25, 0.3) is 0 Å². The average Bonchev–Trinajstić information content (AvgIpc) is 2.18. The molecule has 0 aliphatic rings. The van der Waals surface area contributed by atoms with Crippen molar-refractivity contribution < 1.29 is 9.90 Å². The molecule has 0 heterocycles. The zero-order valence-electron chi connectivity index (χ0n) is 8.75. The van der Waals surface area contributed by atoms with Gasteiger partial charge in [-0.3, -0.25) is 5.32 Å². The highest BCUT2D eigenvalue weighted by Gasteiger charge is 2.33. The molecule has 4 heteroatoms. The lowest BCUT2D eigenvalue weighted by Crippen LogP contribution is -2.46. The Kier molecular flexibility index (Phi) is 3.88. The van der Waals surface area contributed by atoms with Crippen LogP contribution < -0.4 is 5.32 Å². The van der Waals surface area contributed by atoms with E-state index < -0.39 is 11.5 Å². The molecule has 0 bridgehead atoms. The Morgan fingerprint density at radius 1 is 1.47 bits per heavy atom. The molecule has 0 fully saturated rings. The Morgan fingerprint density at radius 3 is 2.40 bits per heavy atom. The number of benzene rings is 1. The number of rotatable bonds is 4. The summed E-state index contributed by atoms with van der Waals surface area (Å²) in [6, 6.07) is 7.30. The normalized spacial score (nSPS) is 14.6. The molecular weight excluding hydrogens is 258 g/mol. The van der Waals surface area contributed by atoms with Crippen LogP contribution in [0.2, 0.25) is 0 Å². The summed E-state index contributed by atoms with van der Waals surface area (Å²) in [4.78, 5) is 11.2. The van der Waals surface area contributed by atoms with Crippen LogP contribution in [-0.4, -0.2) is 17.6 Å². The van der Waals surface area contributed by atoms with Gasteiger partial charge in [0, 0.05) is 4.47 Å². The number of aliphatic carboxylic acids is 1. The lowest BCUT2D eigenvalue weighted by atomic mass is 9.92. The molecule has 0 aromatic heterocycles. The maximum atomic E-state index is 11.2. The summed E-state index contributed by atoms with van der Waals surface area (Å²) >= 11 is 3.32. The third-order valence-electron chi connectivity index (χ3n) is 2.38. The summed E-state index contributed by atoms with van der Waals surface area (Å²) in [6.45, 7) is 4.17. The smallest absolute Gasteiger partial charge is 0.328 e. The molecule has 1 aromatic rings. The first kappa shape index (κ1) is 12.2. The first-order valence-electron chi connectivity index (χ1n) is 4.75. The number of hydrogen-bond donors (Lipinski definition) is 2. The Balaban J connectivity index is 3.09. The van der Waals surface area contributed by atoms with Crippen LogP contribution in [0.5, 0.6) is 0 Å². The molecular formula is C11H14BrNO2. The van der Waals surface area contributed by atoms with Crippen LogP contribution in [0.15, 0.2) is 28.7 Å². The van der Waals surface area contributed by atoms with Gasteiger partial charge in [0.25, 0.3) is 0 Å². The molecule has 1 atom stereocenters. The molecule has 0 aliphatic carbocycles. The summed E-state index contributed by atoms with van der Waals surface area (Å²) in [7, 11) is 0. The van der Waals surface area contributed by atoms with Crippen LogP contribution in [0.4, 0.5) is 0 Å². The molecule has 1 aromatic carbocycles. The molecule has 0 saturated carbocycles. The van der Waals surface area contributed by atoms with Crippen LogP contribution in [0, 0.1) is 0 Å². The first-order chi connectivity index (χ1) is 7.00. The minimum Gasteiger partial charge on any atom is -0.480 e. The molecule has 15 heavy (non-hydrogen) atoms. The predicted octanol–water partition coefficient (Wildman–Crippen LogP) is 2.36. The number of hydrogen-bond acceptors (Lipinski definition) is 2. The highest BCUT2D eigenvalue weighted by atomic mass is 79.9. The van der Waals surface area contributed by atoms with Crippen molar-refractivity contribution in [1.82, 2.24) is 5.32 Å².